The molecule has 3 aliphatic carbocycles. The molecule has 3 aliphatic rings. The average molecular weight is 571 g/mol. The number of hydrogen-bond acceptors (Lipinski definition) is 0. The molecule has 2 aromatic heterocycles. The largest absolute Gasteiger partial charge is 0.313 e. The lowest BCUT2D eigenvalue weighted by molar-refractivity contribution is 0.730. The molecule has 0 N–H and O–H groups in total. The fourth-order valence-corrected chi connectivity index (χ4v) is 7.76. The number of fused-ring (bicyclic) bond motifs is 6. The number of rotatable bonds is 7. The second-order valence-electron chi connectivity index (χ2n) is 12.8. The van der Waals surface area contributed by atoms with Crippen molar-refractivity contribution >= 4 is 55.0 Å². The maximum absolute atomic E-state index is 4.11. The van der Waals surface area contributed by atoms with Crippen LogP contribution >= 0.6 is 0 Å². The van der Waals surface area contributed by atoms with Gasteiger partial charge in [-0.05, 0) is 74.1 Å². The topological polar surface area (TPSA) is 9.86 Å². The second-order valence-corrected chi connectivity index (χ2v) is 12.8. The molecule has 3 atom stereocenters. The molecule has 3 unspecified atom stereocenters. The van der Waals surface area contributed by atoms with E-state index < -0.39 is 0 Å². The summed E-state index contributed by atoms with van der Waals surface area (Å²) in [6.07, 6.45) is 25.9. The number of benzene rings is 3. The van der Waals surface area contributed by atoms with Crippen molar-refractivity contribution in [2.75, 3.05) is 0 Å². The van der Waals surface area contributed by atoms with Crippen molar-refractivity contribution in [2.45, 2.75) is 33.1 Å². The van der Waals surface area contributed by atoms with Gasteiger partial charge in [0, 0.05) is 44.3 Å². The molecule has 44 heavy (non-hydrogen) atoms. The van der Waals surface area contributed by atoms with Crippen LogP contribution < -0.4 is 0 Å². The van der Waals surface area contributed by atoms with E-state index in [1.807, 2.05) is 12.2 Å². The van der Waals surface area contributed by atoms with E-state index in [4.69, 9.17) is 0 Å². The lowest BCUT2D eigenvalue weighted by atomic mass is 9.87. The first-order valence-corrected chi connectivity index (χ1v) is 15.9. The van der Waals surface area contributed by atoms with Gasteiger partial charge in [0.15, 0.2) is 0 Å². The van der Waals surface area contributed by atoms with Crippen LogP contribution in [0.3, 0.4) is 0 Å². The first-order valence-electron chi connectivity index (χ1n) is 15.9. The first-order chi connectivity index (χ1) is 21.6. The molecule has 2 heteroatoms. The van der Waals surface area contributed by atoms with Crippen molar-refractivity contribution in [1.82, 2.24) is 9.13 Å². The zero-order valence-corrected chi connectivity index (χ0v) is 25.6. The van der Waals surface area contributed by atoms with Gasteiger partial charge in [-0.15, -0.1) is 0 Å². The minimum Gasteiger partial charge on any atom is -0.313 e. The molecule has 5 aromatic rings. The van der Waals surface area contributed by atoms with E-state index in [2.05, 4.69) is 145 Å². The summed E-state index contributed by atoms with van der Waals surface area (Å²) in [4.78, 5) is 0. The molecule has 0 bridgehead atoms. The van der Waals surface area contributed by atoms with Crippen molar-refractivity contribution < 1.29 is 0 Å². The summed E-state index contributed by atoms with van der Waals surface area (Å²) in [7, 11) is 0. The zero-order chi connectivity index (χ0) is 30.0. The Hall–Kier alpha value is -4.82. The van der Waals surface area contributed by atoms with Gasteiger partial charge in [0.1, 0.15) is 0 Å². The van der Waals surface area contributed by atoms with Crippen molar-refractivity contribution in [1.29, 1.82) is 0 Å². The number of aromatic nitrogens is 2. The molecule has 1 saturated carbocycles. The summed E-state index contributed by atoms with van der Waals surface area (Å²) in [5.74, 6) is 0.899. The van der Waals surface area contributed by atoms with Gasteiger partial charge in [-0.1, -0.05) is 111 Å². The number of nitrogens with zero attached hydrogens (tertiary/aromatic N) is 2. The fourth-order valence-electron chi connectivity index (χ4n) is 7.76. The highest BCUT2D eigenvalue weighted by Gasteiger charge is 2.55. The fraction of sp³-hybridized carbons (Fsp3) is 0.190. The normalized spacial score (nSPS) is 22.1. The van der Waals surface area contributed by atoms with E-state index in [9.17, 15) is 0 Å². The molecule has 0 radical (unpaired) electrons. The van der Waals surface area contributed by atoms with E-state index in [0.29, 0.717) is 5.92 Å². The summed E-state index contributed by atoms with van der Waals surface area (Å²) in [5.41, 5.74) is 10.3. The molecular formula is C42H38N2. The van der Waals surface area contributed by atoms with Gasteiger partial charge < -0.3 is 9.13 Å². The Morgan fingerprint density at radius 1 is 0.909 bits per heavy atom. The highest BCUT2D eigenvalue weighted by atomic mass is 15.0. The van der Waals surface area contributed by atoms with Gasteiger partial charge in [-0.2, -0.15) is 0 Å². The summed E-state index contributed by atoms with van der Waals surface area (Å²) in [6, 6.07) is 22.7. The van der Waals surface area contributed by atoms with Gasteiger partial charge in [0.2, 0.25) is 0 Å². The predicted octanol–water partition coefficient (Wildman–Crippen LogP) is 11.4. The molecule has 2 nitrogen and oxygen atoms in total. The third-order valence-corrected chi connectivity index (χ3v) is 10.2. The average Bonchev–Trinajstić information content (AvgIpc) is 3.66. The number of para-hydroxylation sites is 2. The van der Waals surface area contributed by atoms with Gasteiger partial charge in [-0.3, -0.25) is 0 Å². The Bertz CT molecular complexity index is 2220. The maximum atomic E-state index is 4.11. The van der Waals surface area contributed by atoms with Crippen molar-refractivity contribution in [2.24, 2.45) is 17.3 Å². The Balaban J connectivity index is 1.44. The lowest BCUT2D eigenvalue weighted by Crippen LogP contribution is -2.11. The Morgan fingerprint density at radius 3 is 2.43 bits per heavy atom. The number of allylic oxidation sites excluding steroid dienone is 14. The second kappa shape index (κ2) is 10.1. The molecule has 8 rings (SSSR count). The van der Waals surface area contributed by atoms with Crippen LogP contribution in [0.4, 0.5) is 0 Å². The van der Waals surface area contributed by atoms with Crippen LogP contribution in [0, 0.1) is 17.3 Å². The zero-order valence-electron chi connectivity index (χ0n) is 25.6. The molecule has 216 valence electrons. The summed E-state index contributed by atoms with van der Waals surface area (Å²) in [5, 5.41) is 5.12. The van der Waals surface area contributed by atoms with Gasteiger partial charge in [-0.25, -0.2) is 0 Å². The van der Waals surface area contributed by atoms with E-state index in [-0.39, 0.29) is 11.3 Å². The van der Waals surface area contributed by atoms with E-state index >= 15 is 0 Å². The van der Waals surface area contributed by atoms with E-state index in [1.54, 1.807) is 0 Å². The molecule has 2 heterocycles. The van der Waals surface area contributed by atoms with Crippen LogP contribution in [0.25, 0.3) is 55.0 Å². The number of hydrogen-bond donors (Lipinski definition) is 0. The standard InChI is InChI=1S/C42H38N2/c1-5-14-36(29(4)21-20-28(3)6-2)43-37-18-11-9-15-31(37)33-26-41-34(25-40(33)43)32-16-10-12-19-38(32)44(41)39-23-22-30-27-42(30)24-13-7-8-17-35(39)42/h5-6,8-20,22-26,29-30H,1-2,7,21,27H2,3-4H3/b28-20+,36-14-. The quantitative estimate of drug-likeness (QED) is 0.136. The maximum Gasteiger partial charge on any atom is 0.0548 e. The van der Waals surface area contributed by atoms with E-state index in [1.165, 1.54) is 72.6 Å². The van der Waals surface area contributed by atoms with Gasteiger partial charge in [0.05, 0.1) is 22.1 Å². The van der Waals surface area contributed by atoms with Gasteiger partial charge >= 0.3 is 0 Å². The molecule has 1 spiro atoms. The van der Waals surface area contributed by atoms with Crippen LogP contribution in [0.1, 0.15) is 33.1 Å². The monoisotopic (exact) mass is 570 g/mol. The smallest absolute Gasteiger partial charge is 0.0548 e. The minimum absolute atomic E-state index is 0.147. The highest BCUT2D eigenvalue weighted by molar-refractivity contribution is 6.20. The van der Waals surface area contributed by atoms with E-state index in [0.717, 1.165) is 12.8 Å². The third kappa shape index (κ3) is 3.87. The molecular weight excluding hydrogens is 532 g/mol. The Kier molecular flexibility index (Phi) is 6.17. The third-order valence-electron chi connectivity index (χ3n) is 10.2. The van der Waals surface area contributed by atoms with Crippen LogP contribution in [-0.2, 0) is 0 Å². The van der Waals surface area contributed by atoms with Crippen LogP contribution in [0.5, 0.6) is 0 Å². The summed E-state index contributed by atoms with van der Waals surface area (Å²) < 4.78 is 5.01. The Labute approximate surface area is 259 Å². The minimum atomic E-state index is 0.147. The van der Waals surface area contributed by atoms with Crippen LogP contribution in [0.15, 0.2) is 146 Å². The summed E-state index contributed by atoms with van der Waals surface area (Å²) in [6.45, 7) is 12.5. The molecule has 0 aliphatic heterocycles. The van der Waals surface area contributed by atoms with Crippen LogP contribution in [0.2, 0.25) is 0 Å². The van der Waals surface area contributed by atoms with Gasteiger partial charge in [0.25, 0.3) is 0 Å². The lowest BCUT2D eigenvalue weighted by Gasteiger charge is -2.23. The first kappa shape index (κ1) is 26.8. The van der Waals surface area contributed by atoms with Crippen molar-refractivity contribution in [3.63, 3.8) is 0 Å². The molecule has 0 saturated heterocycles. The predicted molar refractivity (Wildman–Crippen MR) is 190 cm³/mol. The Morgan fingerprint density at radius 2 is 1.64 bits per heavy atom. The highest BCUT2D eigenvalue weighted by Crippen LogP contribution is 2.64. The van der Waals surface area contributed by atoms with Crippen LogP contribution in [-0.4, -0.2) is 9.13 Å². The summed E-state index contributed by atoms with van der Waals surface area (Å²) >= 11 is 0. The molecule has 0 amide bonds. The molecule has 1 fully saturated rings. The molecule has 3 aromatic carbocycles. The van der Waals surface area contributed by atoms with Crippen molar-refractivity contribution in [3.05, 3.63) is 146 Å². The SMILES string of the molecule is C=C/C=C(/C(C)C/C=C(\C)C=C)n1c2ccccc2c2cc3c(cc21)c1ccccc1n3C1=C2C=CCC=CC23CC3C=C1. The van der Waals surface area contributed by atoms with Crippen molar-refractivity contribution in [3.8, 4) is 0 Å².